The van der Waals surface area contributed by atoms with E-state index in [0.29, 0.717) is 0 Å². The summed E-state index contributed by atoms with van der Waals surface area (Å²) in [7, 11) is 0. The minimum Gasteiger partial charge on any atom is -0.381 e. The highest BCUT2D eigenvalue weighted by molar-refractivity contribution is 5.96. The number of nitrogens with zero attached hydrogens (tertiary/aromatic N) is 2. The maximum atomic E-state index is 11.8. The smallest absolute Gasteiger partial charge is 0.327 e. The van der Waals surface area contributed by atoms with Crippen molar-refractivity contribution in [1.29, 1.82) is 0 Å². The van der Waals surface area contributed by atoms with Crippen LogP contribution in [0.5, 0.6) is 0 Å². The molecular weight excluding hydrogens is 232 g/mol. The predicted octanol–water partition coefficient (Wildman–Crippen LogP) is 0.540. The Hall–Kier alpha value is -1.88. The number of fused-ring (bicyclic) bond motifs is 1. The molecule has 2 atom stereocenters. The Morgan fingerprint density at radius 3 is 2.67 bits per heavy atom. The molecule has 0 saturated carbocycles. The van der Waals surface area contributed by atoms with E-state index in [0.717, 1.165) is 5.56 Å². The molecule has 1 aromatic rings. The molecule has 2 fully saturated rings. The fourth-order valence-electron chi connectivity index (χ4n) is 2.75. The number of hydrogen-bond acceptors (Lipinski definition) is 3. The fourth-order valence-corrected chi connectivity index (χ4v) is 2.75. The van der Waals surface area contributed by atoms with Crippen molar-refractivity contribution >= 4 is 11.9 Å². The lowest BCUT2D eigenvalue weighted by Crippen LogP contribution is -2.66. The lowest BCUT2D eigenvalue weighted by molar-refractivity contribution is -0.127. The first-order valence-corrected chi connectivity index (χ1v) is 5.90. The summed E-state index contributed by atoms with van der Waals surface area (Å²) in [5.41, 5.74) is -0.231. The molecule has 0 aromatic heterocycles. The molecule has 5 nitrogen and oxygen atoms in total. The van der Waals surface area contributed by atoms with Crippen LogP contribution in [0.1, 0.15) is 12.5 Å². The van der Waals surface area contributed by atoms with Crippen LogP contribution in [0, 0.1) is 0 Å². The molecule has 0 radical (unpaired) electrons. The molecule has 1 N–H and O–H groups in total. The van der Waals surface area contributed by atoms with Crippen LogP contribution in [0.25, 0.3) is 0 Å². The summed E-state index contributed by atoms with van der Waals surface area (Å²) in [6.45, 7) is 1.88. The van der Waals surface area contributed by atoms with Gasteiger partial charge in [0, 0.05) is 6.92 Å². The van der Waals surface area contributed by atoms with Crippen LogP contribution in [-0.2, 0) is 10.4 Å². The van der Waals surface area contributed by atoms with E-state index in [1.54, 1.807) is 4.90 Å². The van der Waals surface area contributed by atoms with Gasteiger partial charge in [0.25, 0.3) is 0 Å². The second-order valence-electron chi connectivity index (χ2n) is 4.85. The Morgan fingerprint density at radius 1 is 1.39 bits per heavy atom. The third-order valence-corrected chi connectivity index (χ3v) is 3.82. The van der Waals surface area contributed by atoms with Gasteiger partial charge in [0.1, 0.15) is 5.60 Å². The van der Waals surface area contributed by atoms with Crippen LogP contribution in [0.3, 0.4) is 0 Å². The highest BCUT2D eigenvalue weighted by atomic mass is 16.3. The summed E-state index contributed by atoms with van der Waals surface area (Å²) < 4.78 is 0. The van der Waals surface area contributed by atoms with Gasteiger partial charge in [0.05, 0.1) is 19.1 Å². The number of rotatable bonds is 1. The van der Waals surface area contributed by atoms with Gasteiger partial charge in [-0.1, -0.05) is 30.3 Å². The average molecular weight is 246 g/mol. The molecule has 1 aromatic carbocycles. The molecule has 0 aliphatic carbocycles. The molecule has 0 unspecified atom stereocenters. The van der Waals surface area contributed by atoms with E-state index >= 15 is 0 Å². The number of carbonyl (C=O) groups is 2. The number of amides is 3. The summed E-state index contributed by atoms with van der Waals surface area (Å²) in [6, 6.07) is 8.66. The van der Waals surface area contributed by atoms with E-state index in [2.05, 4.69) is 0 Å². The third-order valence-electron chi connectivity index (χ3n) is 3.82. The van der Waals surface area contributed by atoms with Gasteiger partial charge in [0.2, 0.25) is 5.91 Å². The predicted molar refractivity (Wildman–Crippen MR) is 63.6 cm³/mol. The Morgan fingerprint density at radius 2 is 2.06 bits per heavy atom. The van der Waals surface area contributed by atoms with Crippen LogP contribution < -0.4 is 0 Å². The van der Waals surface area contributed by atoms with Crippen molar-refractivity contribution in [2.75, 3.05) is 13.1 Å². The van der Waals surface area contributed by atoms with Crippen molar-refractivity contribution in [3.05, 3.63) is 35.9 Å². The van der Waals surface area contributed by atoms with E-state index in [-0.39, 0.29) is 31.1 Å². The molecular formula is C13H14N2O3. The highest BCUT2D eigenvalue weighted by Gasteiger charge is 2.60. The Kier molecular flexibility index (Phi) is 2.22. The lowest BCUT2D eigenvalue weighted by atomic mass is 9.79. The number of urea groups is 1. The third kappa shape index (κ3) is 1.31. The zero-order chi connectivity index (χ0) is 12.9. The monoisotopic (exact) mass is 246 g/mol. The molecule has 3 amide bonds. The lowest BCUT2D eigenvalue weighted by Gasteiger charge is -2.49. The van der Waals surface area contributed by atoms with Crippen molar-refractivity contribution in [2.45, 2.75) is 18.6 Å². The van der Waals surface area contributed by atoms with Crippen molar-refractivity contribution < 1.29 is 14.7 Å². The van der Waals surface area contributed by atoms with Gasteiger partial charge in [0.15, 0.2) is 0 Å². The number of aliphatic hydroxyl groups is 1. The van der Waals surface area contributed by atoms with E-state index in [1.807, 2.05) is 30.3 Å². The summed E-state index contributed by atoms with van der Waals surface area (Å²) >= 11 is 0. The molecule has 2 aliphatic heterocycles. The zero-order valence-corrected chi connectivity index (χ0v) is 10.0. The second-order valence-corrected chi connectivity index (χ2v) is 4.85. The van der Waals surface area contributed by atoms with Gasteiger partial charge in [-0.15, -0.1) is 0 Å². The minimum absolute atomic E-state index is 0.254. The fraction of sp³-hybridized carbons (Fsp3) is 0.385. The van der Waals surface area contributed by atoms with Crippen LogP contribution >= 0.6 is 0 Å². The van der Waals surface area contributed by atoms with Gasteiger partial charge in [-0.25, -0.2) is 4.79 Å². The van der Waals surface area contributed by atoms with E-state index in [1.165, 1.54) is 11.8 Å². The van der Waals surface area contributed by atoms with Crippen LogP contribution in [-0.4, -0.2) is 46.0 Å². The van der Waals surface area contributed by atoms with Crippen molar-refractivity contribution in [2.24, 2.45) is 0 Å². The van der Waals surface area contributed by atoms with Crippen LogP contribution in [0.2, 0.25) is 0 Å². The van der Waals surface area contributed by atoms with Gasteiger partial charge >= 0.3 is 6.03 Å². The molecule has 3 rings (SSSR count). The van der Waals surface area contributed by atoms with Crippen molar-refractivity contribution in [3.8, 4) is 0 Å². The standard InChI is InChI=1S/C13H14N2O3/c1-9(16)14-7-11-13(18,8-15(11)12(14)17)10-5-3-2-4-6-10/h2-6,11,18H,7-8H2,1H3/t11-,13-/m0/s1. The molecule has 0 bridgehead atoms. The molecule has 94 valence electrons. The summed E-state index contributed by atoms with van der Waals surface area (Å²) in [5.74, 6) is -0.273. The molecule has 2 saturated heterocycles. The summed E-state index contributed by atoms with van der Waals surface area (Å²) in [6.07, 6.45) is 0. The van der Waals surface area contributed by atoms with Gasteiger partial charge in [-0.2, -0.15) is 0 Å². The van der Waals surface area contributed by atoms with Crippen molar-refractivity contribution in [1.82, 2.24) is 9.80 Å². The summed E-state index contributed by atoms with van der Waals surface area (Å²) in [5, 5.41) is 10.6. The van der Waals surface area contributed by atoms with E-state index in [4.69, 9.17) is 0 Å². The largest absolute Gasteiger partial charge is 0.381 e. The number of hydrogen-bond donors (Lipinski definition) is 1. The average Bonchev–Trinajstić information content (AvgIpc) is 2.63. The Balaban J connectivity index is 1.89. The first-order chi connectivity index (χ1) is 8.54. The van der Waals surface area contributed by atoms with Crippen molar-refractivity contribution in [3.63, 3.8) is 0 Å². The SMILES string of the molecule is CC(=O)N1C[C@@H]2N(C[C@]2(O)c2ccccc2)C1=O. The molecule has 18 heavy (non-hydrogen) atoms. The molecule has 2 heterocycles. The van der Waals surface area contributed by atoms with E-state index in [9.17, 15) is 14.7 Å². The van der Waals surface area contributed by atoms with Crippen LogP contribution in [0.15, 0.2) is 30.3 Å². The maximum absolute atomic E-state index is 11.8. The number of carbonyl (C=O) groups excluding carboxylic acids is 2. The summed E-state index contributed by atoms with van der Waals surface area (Å²) in [4.78, 5) is 25.9. The van der Waals surface area contributed by atoms with E-state index < -0.39 is 5.60 Å². The quantitative estimate of drug-likeness (QED) is 0.786. The van der Waals surface area contributed by atoms with Gasteiger partial charge in [-0.05, 0) is 5.56 Å². The van der Waals surface area contributed by atoms with Gasteiger partial charge < -0.3 is 10.0 Å². The van der Waals surface area contributed by atoms with Gasteiger partial charge in [-0.3, -0.25) is 9.69 Å². The van der Waals surface area contributed by atoms with Crippen LogP contribution in [0.4, 0.5) is 4.79 Å². The Labute approximate surface area is 105 Å². The first-order valence-electron chi connectivity index (χ1n) is 5.90. The topological polar surface area (TPSA) is 60.9 Å². The zero-order valence-electron chi connectivity index (χ0n) is 10.0. The molecule has 0 spiro atoms. The normalized spacial score (nSPS) is 30.1. The molecule has 5 heteroatoms. The Bertz CT molecular complexity index is 516. The second kappa shape index (κ2) is 3.55. The first kappa shape index (κ1) is 11.2. The molecule has 2 aliphatic rings. The highest BCUT2D eigenvalue weighted by Crippen LogP contribution is 2.42. The minimum atomic E-state index is -1.03. The number of benzene rings is 1. The maximum Gasteiger partial charge on any atom is 0.327 e. The number of imide groups is 1.